The second kappa shape index (κ2) is 8.82. The number of carbonyl (C=O) groups excluding carboxylic acids is 1. The molecule has 5 heteroatoms. The number of hydrogen-bond donors (Lipinski definition) is 1. The Hall–Kier alpha value is -2.66. The smallest absolute Gasteiger partial charge is 0.260 e. The zero-order valence-corrected chi connectivity index (χ0v) is 16.7. The molecule has 1 atom stereocenters. The first-order chi connectivity index (χ1) is 13.0. The number of carbonyl (C=O) groups is 1. The third-order valence-electron chi connectivity index (χ3n) is 4.48. The lowest BCUT2D eigenvalue weighted by atomic mass is 10.1. The molecule has 0 saturated carbocycles. The van der Waals surface area contributed by atoms with Crippen molar-refractivity contribution in [2.75, 3.05) is 6.54 Å². The molecule has 3 aromatic rings. The van der Waals surface area contributed by atoms with Gasteiger partial charge in [-0.3, -0.25) is 4.79 Å². The van der Waals surface area contributed by atoms with E-state index in [-0.39, 0.29) is 5.91 Å². The van der Waals surface area contributed by atoms with Crippen molar-refractivity contribution >= 4 is 17.2 Å². The average molecular weight is 381 g/mol. The van der Waals surface area contributed by atoms with Gasteiger partial charge in [0.05, 0.1) is 5.69 Å². The number of nitrogens with zero attached hydrogens (tertiary/aromatic N) is 1. The number of hydrogen-bond acceptors (Lipinski definition) is 4. The van der Waals surface area contributed by atoms with Gasteiger partial charge in [0.15, 0.2) is 6.10 Å². The minimum Gasteiger partial charge on any atom is -0.481 e. The van der Waals surface area contributed by atoms with E-state index in [1.54, 1.807) is 18.3 Å². The van der Waals surface area contributed by atoms with Gasteiger partial charge in [-0.05, 0) is 38.0 Å². The molecule has 3 rings (SSSR count). The maximum absolute atomic E-state index is 12.3. The highest BCUT2D eigenvalue weighted by Crippen LogP contribution is 2.23. The highest BCUT2D eigenvalue weighted by atomic mass is 32.1. The monoisotopic (exact) mass is 380 g/mol. The van der Waals surface area contributed by atoms with E-state index >= 15 is 0 Å². The van der Waals surface area contributed by atoms with Gasteiger partial charge in [0.2, 0.25) is 0 Å². The molecule has 1 aromatic heterocycles. The zero-order chi connectivity index (χ0) is 19.2. The Bertz CT molecular complexity index is 906. The summed E-state index contributed by atoms with van der Waals surface area (Å²) in [5, 5.41) is 5.98. The first kappa shape index (κ1) is 19.1. The number of nitrogens with one attached hydrogen (secondary N) is 1. The Labute approximate surface area is 164 Å². The van der Waals surface area contributed by atoms with Crippen LogP contribution in [0.3, 0.4) is 0 Å². The molecule has 0 unspecified atom stereocenters. The number of rotatable bonds is 7. The molecule has 0 saturated heterocycles. The second-order valence-corrected chi connectivity index (χ2v) is 7.37. The van der Waals surface area contributed by atoms with Crippen LogP contribution in [-0.4, -0.2) is 23.5 Å². The van der Waals surface area contributed by atoms with Crippen LogP contribution in [-0.2, 0) is 11.2 Å². The molecule has 4 nitrogen and oxygen atoms in total. The summed E-state index contributed by atoms with van der Waals surface area (Å²) >= 11 is 1.62. The quantitative estimate of drug-likeness (QED) is 0.654. The molecule has 0 fully saturated rings. The fourth-order valence-corrected chi connectivity index (χ4v) is 3.55. The lowest BCUT2D eigenvalue weighted by molar-refractivity contribution is -0.127. The van der Waals surface area contributed by atoms with Crippen molar-refractivity contribution in [3.8, 4) is 16.3 Å². The molecule has 1 amide bonds. The van der Waals surface area contributed by atoms with E-state index in [1.807, 2.05) is 55.6 Å². The lowest BCUT2D eigenvalue weighted by Gasteiger charge is -2.17. The maximum Gasteiger partial charge on any atom is 0.260 e. The Morgan fingerprint density at radius 1 is 1.15 bits per heavy atom. The molecular formula is C22H24N2O2S. The summed E-state index contributed by atoms with van der Waals surface area (Å²) in [4.78, 5) is 17.0. The van der Waals surface area contributed by atoms with Crippen LogP contribution in [0.15, 0.2) is 53.9 Å². The van der Waals surface area contributed by atoms with Crippen molar-refractivity contribution in [3.05, 3.63) is 70.7 Å². The highest BCUT2D eigenvalue weighted by molar-refractivity contribution is 7.13. The lowest BCUT2D eigenvalue weighted by Crippen LogP contribution is -2.37. The second-order valence-electron chi connectivity index (χ2n) is 6.51. The van der Waals surface area contributed by atoms with E-state index in [9.17, 15) is 4.79 Å². The number of aryl methyl sites for hydroxylation is 1. The van der Waals surface area contributed by atoms with Gasteiger partial charge in [0.25, 0.3) is 5.91 Å². The third-order valence-corrected chi connectivity index (χ3v) is 5.42. The number of ether oxygens (including phenoxy) is 1. The number of aromatic nitrogens is 1. The summed E-state index contributed by atoms with van der Waals surface area (Å²) in [6, 6.07) is 16.0. The number of amides is 1. The van der Waals surface area contributed by atoms with Crippen LogP contribution in [0.2, 0.25) is 0 Å². The zero-order valence-electron chi connectivity index (χ0n) is 15.9. The molecule has 1 heterocycles. The van der Waals surface area contributed by atoms with Crippen LogP contribution >= 0.6 is 11.3 Å². The van der Waals surface area contributed by atoms with Crippen LogP contribution in [0.5, 0.6) is 5.75 Å². The number of benzene rings is 2. The number of thiazole rings is 1. The molecule has 0 spiro atoms. The summed E-state index contributed by atoms with van der Waals surface area (Å²) in [5.74, 6) is 0.638. The molecule has 0 aliphatic rings. The van der Waals surface area contributed by atoms with E-state index in [1.165, 1.54) is 0 Å². The van der Waals surface area contributed by atoms with Gasteiger partial charge < -0.3 is 10.1 Å². The minimum atomic E-state index is -0.541. The summed E-state index contributed by atoms with van der Waals surface area (Å²) < 4.78 is 5.83. The molecule has 0 aliphatic heterocycles. The van der Waals surface area contributed by atoms with Gasteiger partial charge >= 0.3 is 0 Å². The van der Waals surface area contributed by atoms with Crippen molar-refractivity contribution < 1.29 is 9.53 Å². The van der Waals surface area contributed by atoms with E-state index in [4.69, 9.17) is 4.74 Å². The van der Waals surface area contributed by atoms with Gasteiger partial charge in [0, 0.05) is 23.9 Å². The van der Waals surface area contributed by atoms with Crippen LogP contribution in [0.4, 0.5) is 0 Å². The molecule has 1 N–H and O–H groups in total. The van der Waals surface area contributed by atoms with Gasteiger partial charge in [0.1, 0.15) is 10.8 Å². The van der Waals surface area contributed by atoms with Crippen molar-refractivity contribution in [1.29, 1.82) is 0 Å². The van der Waals surface area contributed by atoms with Crippen molar-refractivity contribution in [2.45, 2.75) is 33.3 Å². The first-order valence-corrected chi connectivity index (χ1v) is 9.93. The Morgan fingerprint density at radius 2 is 1.93 bits per heavy atom. The fraction of sp³-hybridized carbons (Fsp3) is 0.273. The van der Waals surface area contributed by atoms with Gasteiger partial charge in [-0.25, -0.2) is 4.98 Å². The predicted octanol–water partition coefficient (Wildman–Crippen LogP) is 4.55. The molecule has 0 bridgehead atoms. The van der Waals surface area contributed by atoms with Crippen molar-refractivity contribution in [2.24, 2.45) is 0 Å². The van der Waals surface area contributed by atoms with Crippen LogP contribution in [0, 0.1) is 13.8 Å². The van der Waals surface area contributed by atoms with Crippen LogP contribution < -0.4 is 10.1 Å². The SMILES string of the molecule is Cc1cccc(O[C@H](C)C(=O)NCCc2csc(-c3ccccc3)n2)c1C. The Kier molecular flexibility index (Phi) is 6.24. The van der Waals surface area contributed by atoms with Gasteiger partial charge in [-0.15, -0.1) is 11.3 Å². The standard InChI is InChI=1S/C22H24N2O2S/c1-15-8-7-11-20(16(15)2)26-17(3)21(25)23-13-12-19-14-27-22(24-19)18-9-5-4-6-10-18/h4-11,14,17H,12-13H2,1-3H3,(H,23,25)/t17-/m1/s1. The molecule has 140 valence electrons. The highest BCUT2D eigenvalue weighted by Gasteiger charge is 2.15. The fourth-order valence-electron chi connectivity index (χ4n) is 2.69. The van der Waals surface area contributed by atoms with Gasteiger partial charge in [-0.1, -0.05) is 42.5 Å². The van der Waals surface area contributed by atoms with E-state index in [2.05, 4.69) is 22.4 Å². The Morgan fingerprint density at radius 3 is 2.70 bits per heavy atom. The molecular weight excluding hydrogens is 356 g/mol. The topological polar surface area (TPSA) is 51.2 Å². The average Bonchev–Trinajstić information content (AvgIpc) is 3.15. The normalized spacial score (nSPS) is 11.8. The molecule has 0 radical (unpaired) electrons. The molecule has 2 aromatic carbocycles. The van der Waals surface area contributed by atoms with E-state index in [0.717, 1.165) is 33.1 Å². The van der Waals surface area contributed by atoms with Crippen molar-refractivity contribution in [1.82, 2.24) is 10.3 Å². The van der Waals surface area contributed by atoms with E-state index in [0.29, 0.717) is 13.0 Å². The maximum atomic E-state index is 12.3. The van der Waals surface area contributed by atoms with Crippen LogP contribution in [0.1, 0.15) is 23.7 Å². The van der Waals surface area contributed by atoms with Gasteiger partial charge in [-0.2, -0.15) is 0 Å². The third kappa shape index (κ3) is 4.95. The summed E-state index contributed by atoms with van der Waals surface area (Å²) in [6.45, 7) is 6.34. The molecule has 27 heavy (non-hydrogen) atoms. The minimum absolute atomic E-state index is 0.116. The van der Waals surface area contributed by atoms with Crippen molar-refractivity contribution in [3.63, 3.8) is 0 Å². The summed E-state index contributed by atoms with van der Waals surface area (Å²) in [5.41, 5.74) is 4.32. The first-order valence-electron chi connectivity index (χ1n) is 9.05. The molecule has 0 aliphatic carbocycles. The van der Waals surface area contributed by atoms with Crippen LogP contribution in [0.25, 0.3) is 10.6 Å². The van der Waals surface area contributed by atoms with E-state index < -0.39 is 6.10 Å². The largest absolute Gasteiger partial charge is 0.481 e. The summed E-state index contributed by atoms with van der Waals surface area (Å²) in [7, 11) is 0. The Balaban J connectivity index is 1.49. The summed E-state index contributed by atoms with van der Waals surface area (Å²) in [6.07, 6.45) is 0.159. The predicted molar refractivity (Wildman–Crippen MR) is 110 cm³/mol.